The van der Waals surface area contributed by atoms with Gasteiger partial charge in [-0.15, -0.1) is 0 Å². The van der Waals surface area contributed by atoms with Crippen LogP contribution in [0.25, 0.3) is 0 Å². The zero-order valence-electron chi connectivity index (χ0n) is 13.3. The number of nitrogens with one attached hydrogen (secondary N) is 1. The summed E-state index contributed by atoms with van der Waals surface area (Å²) in [7, 11) is 1.96. The normalized spacial score (nSPS) is 17.2. The fourth-order valence-corrected chi connectivity index (χ4v) is 2.59. The highest BCUT2D eigenvalue weighted by Crippen LogP contribution is 2.18. The summed E-state index contributed by atoms with van der Waals surface area (Å²) in [5, 5.41) is 22.7. The van der Waals surface area contributed by atoms with E-state index in [1.54, 1.807) is 4.90 Å². The molecule has 1 heterocycles. The maximum absolute atomic E-state index is 12.1. The van der Waals surface area contributed by atoms with Gasteiger partial charge in [-0.2, -0.15) is 0 Å². The number of carboxylic acids is 1. The van der Waals surface area contributed by atoms with Gasteiger partial charge in [0.2, 0.25) is 5.91 Å². The predicted molar refractivity (Wildman–Crippen MR) is 86.8 cm³/mol. The number of carbonyl (C=O) groups is 2. The maximum Gasteiger partial charge on any atom is 0.321 e. The van der Waals surface area contributed by atoms with E-state index in [1.807, 2.05) is 7.05 Å². The molecule has 1 amide bonds. The number of nitro benzene ring substituents is 1. The molecule has 1 saturated heterocycles. The van der Waals surface area contributed by atoms with Crippen molar-refractivity contribution in [3.8, 4) is 0 Å². The summed E-state index contributed by atoms with van der Waals surface area (Å²) in [6, 6.07) is 4.64. The van der Waals surface area contributed by atoms with Gasteiger partial charge in [0.1, 0.15) is 6.04 Å². The molecule has 1 aliphatic heterocycles. The predicted octanol–water partition coefficient (Wildman–Crippen LogP) is 0.624. The van der Waals surface area contributed by atoms with Crippen molar-refractivity contribution in [1.29, 1.82) is 0 Å². The number of nitrogens with zero attached hydrogens (tertiary/aromatic N) is 3. The second kappa shape index (κ2) is 7.84. The van der Waals surface area contributed by atoms with Crippen molar-refractivity contribution in [2.45, 2.75) is 12.5 Å². The topological polar surface area (TPSA) is 116 Å². The smallest absolute Gasteiger partial charge is 0.321 e. The van der Waals surface area contributed by atoms with E-state index in [-0.39, 0.29) is 17.8 Å². The van der Waals surface area contributed by atoms with Gasteiger partial charge in [0.25, 0.3) is 5.69 Å². The molecule has 0 saturated carbocycles. The summed E-state index contributed by atoms with van der Waals surface area (Å²) in [4.78, 5) is 37.7. The van der Waals surface area contributed by atoms with Gasteiger partial charge in [-0.3, -0.25) is 24.6 Å². The molecule has 1 atom stereocenters. The summed E-state index contributed by atoms with van der Waals surface area (Å²) in [5.41, 5.74) is 0.137. The van der Waals surface area contributed by atoms with Crippen LogP contribution in [0.1, 0.15) is 6.42 Å². The molecule has 1 fully saturated rings. The van der Waals surface area contributed by atoms with E-state index < -0.39 is 22.8 Å². The Bertz CT molecular complexity index is 628. The summed E-state index contributed by atoms with van der Waals surface area (Å²) in [6.45, 7) is 2.65. The number of anilines is 1. The Morgan fingerprint density at radius 1 is 1.33 bits per heavy atom. The fraction of sp³-hybridized carbons (Fsp3) is 0.467. The van der Waals surface area contributed by atoms with Crippen LogP contribution in [0.2, 0.25) is 0 Å². The third-order valence-corrected chi connectivity index (χ3v) is 3.98. The first-order valence-corrected chi connectivity index (χ1v) is 7.56. The van der Waals surface area contributed by atoms with E-state index in [0.717, 1.165) is 13.1 Å². The van der Waals surface area contributed by atoms with Crippen molar-refractivity contribution in [3.63, 3.8) is 0 Å². The lowest BCUT2D eigenvalue weighted by atomic mass is 10.1. The first-order chi connectivity index (χ1) is 11.4. The highest BCUT2D eigenvalue weighted by atomic mass is 16.6. The van der Waals surface area contributed by atoms with Gasteiger partial charge < -0.3 is 15.3 Å². The standard InChI is InChI=1S/C15H20N4O5/c1-17-5-7-18(8-6-17)13(15(21)22)10-14(20)16-11-3-2-4-12(9-11)19(23)24/h2-4,9,13H,5-8,10H2,1H3,(H,16,20)(H,21,22)/t13-/m1/s1. The van der Waals surface area contributed by atoms with Crippen molar-refractivity contribution < 1.29 is 19.6 Å². The molecule has 2 rings (SSSR count). The quantitative estimate of drug-likeness (QED) is 0.578. The first-order valence-electron chi connectivity index (χ1n) is 7.56. The molecule has 9 heteroatoms. The molecule has 1 aromatic carbocycles. The Kier molecular flexibility index (Phi) is 5.83. The number of piperazine rings is 1. The van der Waals surface area contributed by atoms with Crippen molar-refractivity contribution >= 4 is 23.3 Å². The van der Waals surface area contributed by atoms with Crippen molar-refractivity contribution in [2.24, 2.45) is 0 Å². The van der Waals surface area contributed by atoms with Crippen LogP contribution in [-0.4, -0.2) is 71.0 Å². The zero-order chi connectivity index (χ0) is 17.7. The lowest BCUT2D eigenvalue weighted by Crippen LogP contribution is -2.52. The van der Waals surface area contributed by atoms with Crippen molar-refractivity contribution in [3.05, 3.63) is 34.4 Å². The highest BCUT2D eigenvalue weighted by Gasteiger charge is 2.30. The average molecular weight is 336 g/mol. The Morgan fingerprint density at radius 3 is 2.58 bits per heavy atom. The molecule has 9 nitrogen and oxygen atoms in total. The van der Waals surface area contributed by atoms with Gasteiger partial charge in [0, 0.05) is 44.0 Å². The zero-order valence-corrected chi connectivity index (χ0v) is 13.3. The molecule has 0 unspecified atom stereocenters. The van der Waals surface area contributed by atoms with E-state index in [2.05, 4.69) is 10.2 Å². The van der Waals surface area contributed by atoms with Gasteiger partial charge in [0.15, 0.2) is 0 Å². The monoisotopic (exact) mass is 336 g/mol. The number of benzene rings is 1. The van der Waals surface area contributed by atoms with Crippen LogP contribution in [0, 0.1) is 10.1 Å². The van der Waals surface area contributed by atoms with Crippen LogP contribution in [0.15, 0.2) is 24.3 Å². The largest absolute Gasteiger partial charge is 0.480 e. The SMILES string of the molecule is CN1CCN([C@H](CC(=O)Nc2cccc([N+](=O)[O-])c2)C(=O)O)CC1. The van der Waals surface area contributed by atoms with Crippen LogP contribution in [0.4, 0.5) is 11.4 Å². The van der Waals surface area contributed by atoms with Gasteiger partial charge in [-0.1, -0.05) is 6.07 Å². The summed E-state index contributed by atoms with van der Waals surface area (Å²) < 4.78 is 0. The number of hydrogen-bond acceptors (Lipinski definition) is 6. The van der Waals surface area contributed by atoms with Crippen LogP contribution < -0.4 is 5.32 Å². The minimum absolute atomic E-state index is 0.137. The van der Waals surface area contributed by atoms with Crippen LogP contribution >= 0.6 is 0 Å². The van der Waals surface area contributed by atoms with Crippen LogP contribution in [-0.2, 0) is 9.59 Å². The van der Waals surface area contributed by atoms with Gasteiger partial charge >= 0.3 is 5.97 Å². The number of likely N-dealkylation sites (N-methyl/N-ethyl adjacent to an activating group) is 1. The maximum atomic E-state index is 12.1. The second-order valence-corrected chi connectivity index (χ2v) is 5.75. The molecular formula is C15H20N4O5. The second-order valence-electron chi connectivity index (χ2n) is 5.75. The molecule has 0 bridgehead atoms. The number of carboxylic acid groups (broad SMARTS) is 1. The van der Waals surface area contributed by atoms with E-state index >= 15 is 0 Å². The number of rotatable bonds is 6. The summed E-state index contributed by atoms with van der Waals surface area (Å²) in [6.07, 6.45) is -0.207. The molecule has 0 aromatic heterocycles. The van der Waals surface area contributed by atoms with Crippen molar-refractivity contribution in [1.82, 2.24) is 9.80 Å². The molecule has 0 spiro atoms. The Balaban J connectivity index is 1.99. The van der Waals surface area contributed by atoms with Crippen molar-refractivity contribution in [2.75, 3.05) is 38.5 Å². The molecule has 130 valence electrons. The minimum Gasteiger partial charge on any atom is -0.480 e. The van der Waals surface area contributed by atoms with Gasteiger partial charge in [0.05, 0.1) is 11.3 Å². The molecule has 1 aliphatic rings. The third-order valence-electron chi connectivity index (χ3n) is 3.98. The Hall–Kier alpha value is -2.52. The number of aliphatic carboxylic acids is 1. The van der Waals surface area contributed by atoms with E-state index in [4.69, 9.17) is 0 Å². The number of nitro groups is 1. The number of carbonyl (C=O) groups excluding carboxylic acids is 1. The Labute approximate surface area is 139 Å². The molecule has 0 aliphatic carbocycles. The fourth-order valence-electron chi connectivity index (χ4n) is 2.59. The molecule has 0 radical (unpaired) electrons. The lowest BCUT2D eigenvalue weighted by Gasteiger charge is -2.35. The molecule has 1 aromatic rings. The minimum atomic E-state index is -1.05. The van der Waals surface area contributed by atoms with Gasteiger partial charge in [-0.25, -0.2) is 0 Å². The van der Waals surface area contributed by atoms with Gasteiger partial charge in [-0.05, 0) is 13.1 Å². The third kappa shape index (κ3) is 4.74. The Morgan fingerprint density at radius 2 is 2.00 bits per heavy atom. The number of non-ortho nitro benzene ring substituents is 1. The summed E-state index contributed by atoms with van der Waals surface area (Å²) in [5.74, 6) is -1.53. The molecule has 24 heavy (non-hydrogen) atoms. The molecular weight excluding hydrogens is 316 g/mol. The number of amides is 1. The van der Waals surface area contributed by atoms with Crippen LogP contribution in [0.3, 0.4) is 0 Å². The van der Waals surface area contributed by atoms with E-state index in [0.29, 0.717) is 13.1 Å². The number of hydrogen-bond donors (Lipinski definition) is 2. The lowest BCUT2D eigenvalue weighted by molar-refractivity contribution is -0.384. The first kappa shape index (κ1) is 17.8. The molecule has 2 N–H and O–H groups in total. The average Bonchev–Trinajstić information content (AvgIpc) is 2.53. The van der Waals surface area contributed by atoms with E-state index in [1.165, 1.54) is 24.3 Å². The van der Waals surface area contributed by atoms with E-state index in [9.17, 15) is 24.8 Å². The summed E-state index contributed by atoms with van der Waals surface area (Å²) >= 11 is 0. The van der Waals surface area contributed by atoms with Crippen LogP contribution in [0.5, 0.6) is 0 Å². The highest BCUT2D eigenvalue weighted by molar-refractivity contribution is 5.94.